The number of aryl methyl sites for hydroxylation is 1. The highest BCUT2D eigenvalue weighted by Gasteiger charge is 2.14. The summed E-state index contributed by atoms with van der Waals surface area (Å²) in [7, 11) is -2.25. The molecule has 8 heteroatoms. The largest absolute Gasteiger partial charge is 0.496 e. The quantitative estimate of drug-likeness (QED) is 0.598. The Morgan fingerprint density at radius 2 is 1.67 bits per heavy atom. The van der Waals surface area contributed by atoms with Crippen molar-refractivity contribution in [3.05, 3.63) is 89.2 Å². The lowest BCUT2D eigenvalue weighted by Gasteiger charge is -2.10. The predicted molar refractivity (Wildman–Crippen MR) is 113 cm³/mol. The molecule has 3 aromatic rings. The zero-order chi connectivity index (χ0) is 21.7. The van der Waals surface area contributed by atoms with Crippen LogP contribution in [-0.4, -0.2) is 21.4 Å². The molecule has 0 spiro atoms. The minimum atomic E-state index is -3.85. The van der Waals surface area contributed by atoms with Crippen LogP contribution in [0, 0.1) is 12.7 Å². The fourth-order valence-corrected chi connectivity index (χ4v) is 3.83. The second-order valence-corrected chi connectivity index (χ2v) is 8.31. The third-order valence-electron chi connectivity index (χ3n) is 4.45. The van der Waals surface area contributed by atoms with E-state index >= 15 is 0 Å². The monoisotopic (exact) mass is 428 g/mol. The molecule has 0 aliphatic rings. The number of nitrogens with one attached hydrogen (secondary N) is 2. The Labute approximate surface area is 174 Å². The minimum absolute atomic E-state index is 0.0563. The summed E-state index contributed by atoms with van der Waals surface area (Å²) < 4.78 is 45.4. The molecule has 0 unspecified atom stereocenters. The van der Waals surface area contributed by atoms with Gasteiger partial charge in [-0.15, -0.1) is 0 Å². The van der Waals surface area contributed by atoms with Gasteiger partial charge in [0, 0.05) is 17.8 Å². The Bertz CT molecular complexity index is 1140. The van der Waals surface area contributed by atoms with E-state index in [-0.39, 0.29) is 10.8 Å². The van der Waals surface area contributed by atoms with E-state index in [2.05, 4.69) is 10.0 Å². The van der Waals surface area contributed by atoms with Gasteiger partial charge in [0.1, 0.15) is 11.6 Å². The van der Waals surface area contributed by atoms with Crippen LogP contribution in [0.5, 0.6) is 5.75 Å². The molecule has 0 saturated heterocycles. The van der Waals surface area contributed by atoms with Crippen LogP contribution in [0.4, 0.5) is 10.1 Å². The topological polar surface area (TPSA) is 84.5 Å². The van der Waals surface area contributed by atoms with Crippen LogP contribution in [0.1, 0.15) is 21.5 Å². The zero-order valence-corrected chi connectivity index (χ0v) is 17.3. The van der Waals surface area contributed by atoms with Gasteiger partial charge in [-0.25, -0.2) is 12.8 Å². The number of amides is 1. The first-order valence-corrected chi connectivity index (χ1v) is 10.6. The lowest BCUT2D eigenvalue weighted by atomic mass is 10.1. The number of benzene rings is 3. The summed E-state index contributed by atoms with van der Waals surface area (Å²) in [5, 5.41) is 2.82. The van der Waals surface area contributed by atoms with Crippen molar-refractivity contribution in [1.29, 1.82) is 0 Å². The Hall–Kier alpha value is -3.39. The molecule has 1 amide bonds. The van der Waals surface area contributed by atoms with Gasteiger partial charge in [-0.1, -0.05) is 12.1 Å². The smallest absolute Gasteiger partial charge is 0.261 e. The van der Waals surface area contributed by atoms with Crippen LogP contribution < -0.4 is 14.8 Å². The fourth-order valence-electron chi connectivity index (χ4n) is 2.78. The van der Waals surface area contributed by atoms with E-state index in [0.29, 0.717) is 17.8 Å². The fraction of sp³-hybridized carbons (Fsp3) is 0.136. The van der Waals surface area contributed by atoms with Gasteiger partial charge < -0.3 is 10.1 Å². The highest BCUT2D eigenvalue weighted by molar-refractivity contribution is 7.92. The molecule has 0 atom stereocenters. The first-order chi connectivity index (χ1) is 14.3. The van der Waals surface area contributed by atoms with E-state index in [4.69, 9.17) is 4.74 Å². The van der Waals surface area contributed by atoms with Crippen LogP contribution in [0.3, 0.4) is 0 Å². The van der Waals surface area contributed by atoms with Crippen molar-refractivity contribution < 1.29 is 22.3 Å². The summed E-state index contributed by atoms with van der Waals surface area (Å²) in [5.74, 6) is -0.0598. The van der Waals surface area contributed by atoms with Gasteiger partial charge in [0.15, 0.2) is 0 Å². The summed E-state index contributed by atoms with van der Waals surface area (Å²) in [6.07, 6.45) is 0. The SMILES string of the molecule is COc1cc(CNC(=O)c2ccc(NS(=O)(=O)c3ccc(F)cc3)cc2)ccc1C. The van der Waals surface area contributed by atoms with Crippen molar-refractivity contribution >= 4 is 21.6 Å². The molecule has 30 heavy (non-hydrogen) atoms. The van der Waals surface area contributed by atoms with Gasteiger partial charge in [-0.05, 0) is 72.6 Å². The molecule has 0 saturated carbocycles. The number of ether oxygens (including phenoxy) is 1. The van der Waals surface area contributed by atoms with E-state index in [0.717, 1.165) is 29.0 Å². The molecule has 0 heterocycles. The van der Waals surface area contributed by atoms with Gasteiger partial charge in [0.2, 0.25) is 0 Å². The minimum Gasteiger partial charge on any atom is -0.496 e. The number of carbonyl (C=O) groups is 1. The predicted octanol–water partition coefficient (Wildman–Crippen LogP) is 3.87. The highest BCUT2D eigenvalue weighted by atomic mass is 32.2. The lowest BCUT2D eigenvalue weighted by Crippen LogP contribution is -2.22. The maximum absolute atomic E-state index is 13.0. The van der Waals surface area contributed by atoms with Crippen molar-refractivity contribution in [2.75, 3.05) is 11.8 Å². The highest BCUT2D eigenvalue weighted by Crippen LogP contribution is 2.19. The van der Waals surface area contributed by atoms with Crippen molar-refractivity contribution in [3.8, 4) is 5.75 Å². The number of anilines is 1. The molecule has 0 aliphatic heterocycles. The molecule has 0 bridgehead atoms. The Morgan fingerprint density at radius 3 is 2.30 bits per heavy atom. The molecule has 2 N–H and O–H groups in total. The molecule has 0 aliphatic carbocycles. The van der Waals surface area contributed by atoms with E-state index in [1.807, 2.05) is 25.1 Å². The molecule has 0 aromatic heterocycles. The summed E-state index contributed by atoms with van der Waals surface area (Å²) >= 11 is 0. The van der Waals surface area contributed by atoms with Crippen molar-refractivity contribution in [3.63, 3.8) is 0 Å². The number of methoxy groups -OCH3 is 1. The average Bonchev–Trinajstić information content (AvgIpc) is 2.73. The number of halogens is 1. The second-order valence-electron chi connectivity index (χ2n) is 6.62. The van der Waals surface area contributed by atoms with Gasteiger partial charge in [0.05, 0.1) is 12.0 Å². The standard InChI is InChI=1S/C22H21FN2O4S/c1-15-3-4-16(13-21(15)29-2)14-24-22(26)17-5-9-19(10-6-17)25-30(27,28)20-11-7-18(23)8-12-20/h3-13,25H,14H2,1-2H3,(H,24,26). The van der Waals surface area contributed by atoms with Crippen molar-refractivity contribution in [1.82, 2.24) is 5.32 Å². The molecule has 0 fully saturated rings. The number of carbonyl (C=O) groups excluding carboxylic acids is 1. The summed E-state index contributed by atoms with van der Waals surface area (Å²) in [5.41, 5.74) is 2.58. The van der Waals surface area contributed by atoms with E-state index in [1.54, 1.807) is 7.11 Å². The van der Waals surface area contributed by atoms with Gasteiger partial charge in [-0.2, -0.15) is 0 Å². The average molecular weight is 428 g/mol. The Kier molecular flexibility index (Phi) is 6.37. The maximum Gasteiger partial charge on any atom is 0.261 e. The third-order valence-corrected chi connectivity index (χ3v) is 5.85. The first kappa shape index (κ1) is 21.3. The van der Waals surface area contributed by atoms with Crippen LogP contribution in [0.15, 0.2) is 71.6 Å². The number of rotatable bonds is 7. The molecular weight excluding hydrogens is 407 g/mol. The van der Waals surface area contributed by atoms with Crippen molar-refractivity contribution in [2.45, 2.75) is 18.4 Å². The van der Waals surface area contributed by atoms with E-state index in [1.165, 1.54) is 36.4 Å². The van der Waals surface area contributed by atoms with Gasteiger partial charge >= 0.3 is 0 Å². The van der Waals surface area contributed by atoms with Crippen LogP contribution in [0.2, 0.25) is 0 Å². The molecule has 156 valence electrons. The zero-order valence-electron chi connectivity index (χ0n) is 16.5. The lowest BCUT2D eigenvalue weighted by molar-refractivity contribution is 0.0951. The molecule has 0 radical (unpaired) electrons. The van der Waals surface area contributed by atoms with Crippen LogP contribution >= 0.6 is 0 Å². The van der Waals surface area contributed by atoms with Crippen LogP contribution in [-0.2, 0) is 16.6 Å². The molecule has 3 aromatic carbocycles. The Morgan fingerprint density at radius 1 is 1.00 bits per heavy atom. The number of hydrogen-bond acceptors (Lipinski definition) is 4. The van der Waals surface area contributed by atoms with Gasteiger partial charge in [-0.3, -0.25) is 9.52 Å². The van der Waals surface area contributed by atoms with Crippen LogP contribution in [0.25, 0.3) is 0 Å². The summed E-state index contributed by atoms with van der Waals surface area (Å²) in [6, 6.07) is 16.2. The molecule has 6 nitrogen and oxygen atoms in total. The molecule has 3 rings (SSSR count). The maximum atomic E-state index is 13.0. The second kappa shape index (κ2) is 8.96. The molecular formula is C22H21FN2O4S. The third kappa shape index (κ3) is 5.15. The number of sulfonamides is 1. The normalized spacial score (nSPS) is 11.0. The van der Waals surface area contributed by atoms with Crippen molar-refractivity contribution in [2.24, 2.45) is 0 Å². The van der Waals surface area contributed by atoms with E-state index < -0.39 is 15.8 Å². The number of hydrogen-bond donors (Lipinski definition) is 2. The summed E-state index contributed by atoms with van der Waals surface area (Å²) in [6.45, 7) is 2.27. The Balaban J connectivity index is 1.63. The first-order valence-electron chi connectivity index (χ1n) is 9.08. The summed E-state index contributed by atoms with van der Waals surface area (Å²) in [4.78, 5) is 12.3. The van der Waals surface area contributed by atoms with Gasteiger partial charge in [0.25, 0.3) is 15.9 Å². The van der Waals surface area contributed by atoms with E-state index in [9.17, 15) is 17.6 Å².